The van der Waals surface area contributed by atoms with Crippen molar-refractivity contribution in [2.75, 3.05) is 19.3 Å². The molecule has 4 heteroatoms. The fourth-order valence-corrected chi connectivity index (χ4v) is 2.20. The van der Waals surface area contributed by atoms with E-state index in [1.165, 1.54) is 23.4 Å². The molecule has 0 rings (SSSR count). The first-order valence-corrected chi connectivity index (χ1v) is 6.82. The maximum Gasteiger partial charge on any atom is 0.211 e. The molecule has 0 saturated carbocycles. The lowest BCUT2D eigenvalue weighted by Gasteiger charge is -2.17. The second-order valence-electron chi connectivity index (χ2n) is 3.32. The molecule has 0 aromatic rings. The molecule has 0 aliphatic heterocycles. The highest BCUT2D eigenvalue weighted by atomic mass is 32.2. The zero-order valence-corrected chi connectivity index (χ0v) is 9.73. The van der Waals surface area contributed by atoms with Crippen molar-refractivity contribution >= 4 is 10.0 Å². The molecule has 3 nitrogen and oxygen atoms in total. The highest BCUT2D eigenvalue weighted by Crippen LogP contribution is 2.04. The topological polar surface area (TPSA) is 37.4 Å². The van der Waals surface area contributed by atoms with Gasteiger partial charge < -0.3 is 0 Å². The molecule has 0 spiro atoms. The van der Waals surface area contributed by atoms with Crippen LogP contribution in [0.5, 0.6) is 0 Å². The van der Waals surface area contributed by atoms with E-state index in [4.69, 9.17) is 0 Å². The summed E-state index contributed by atoms with van der Waals surface area (Å²) in [5.74, 6) is 0. The second kappa shape index (κ2) is 6.38. The van der Waals surface area contributed by atoms with Gasteiger partial charge in [-0.05, 0) is 6.42 Å². The number of hydrogen-bond donors (Lipinski definition) is 0. The Morgan fingerprint density at radius 2 is 1.69 bits per heavy atom. The predicted molar refractivity (Wildman–Crippen MR) is 56.2 cm³/mol. The van der Waals surface area contributed by atoms with Crippen molar-refractivity contribution in [3.05, 3.63) is 0 Å². The summed E-state index contributed by atoms with van der Waals surface area (Å²) in [5.41, 5.74) is 0. The van der Waals surface area contributed by atoms with Crippen LogP contribution >= 0.6 is 0 Å². The minimum atomic E-state index is -2.97. The third kappa shape index (κ3) is 6.05. The molecule has 0 unspecified atom stereocenters. The predicted octanol–water partition coefficient (Wildman–Crippen LogP) is 1.85. The number of sulfonamides is 1. The molecule has 13 heavy (non-hydrogen) atoms. The maximum absolute atomic E-state index is 11.2. The molecule has 0 bridgehead atoms. The van der Waals surface area contributed by atoms with Crippen LogP contribution in [-0.4, -0.2) is 32.1 Å². The molecular weight excluding hydrogens is 186 g/mol. The van der Waals surface area contributed by atoms with E-state index in [1.807, 2.05) is 6.92 Å². The SMILES string of the molecule is CCCCCCN(CC)S(C)(=O)=O. The lowest BCUT2D eigenvalue weighted by Crippen LogP contribution is -2.30. The lowest BCUT2D eigenvalue weighted by atomic mass is 10.2. The molecule has 0 saturated heterocycles. The summed E-state index contributed by atoms with van der Waals surface area (Å²) in [7, 11) is -2.97. The second-order valence-corrected chi connectivity index (χ2v) is 5.30. The number of unbranched alkanes of at least 4 members (excludes halogenated alkanes) is 3. The zero-order chi connectivity index (χ0) is 10.3. The standard InChI is InChI=1S/C9H21NO2S/c1-4-6-7-8-9-10(5-2)13(3,11)12/h4-9H2,1-3H3. The quantitative estimate of drug-likeness (QED) is 0.597. The Morgan fingerprint density at radius 1 is 1.08 bits per heavy atom. The van der Waals surface area contributed by atoms with Gasteiger partial charge in [0.15, 0.2) is 0 Å². The monoisotopic (exact) mass is 207 g/mol. The van der Waals surface area contributed by atoms with Crippen LogP contribution in [0.25, 0.3) is 0 Å². The average Bonchev–Trinajstić information content (AvgIpc) is 2.02. The Kier molecular flexibility index (Phi) is 6.33. The minimum Gasteiger partial charge on any atom is -0.213 e. The van der Waals surface area contributed by atoms with E-state index < -0.39 is 10.0 Å². The fraction of sp³-hybridized carbons (Fsp3) is 1.00. The summed E-state index contributed by atoms with van der Waals surface area (Å²) >= 11 is 0. The number of rotatable bonds is 7. The molecule has 0 N–H and O–H groups in total. The Bertz CT molecular complexity index is 212. The molecule has 0 aliphatic rings. The summed E-state index contributed by atoms with van der Waals surface area (Å²) < 4.78 is 23.8. The summed E-state index contributed by atoms with van der Waals surface area (Å²) in [6, 6.07) is 0. The fourth-order valence-electron chi connectivity index (χ4n) is 1.27. The van der Waals surface area contributed by atoms with Crippen molar-refractivity contribution in [2.24, 2.45) is 0 Å². The van der Waals surface area contributed by atoms with E-state index in [-0.39, 0.29) is 0 Å². The van der Waals surface area contributed by atoms with Crippen molar-refractivity contribution in [1.29, 1.82) is 0 Å². The van der Waals surface area contributed by atoms with Crippen LogP contribution in [0.1, 0.15) is 39.5 Å². The lowest BCUT2D eigenvalue weighted by molar-refractivity contribution is 0.416. The molecule has 0 atom stereocenters. The normalized spacial score (nSPS) is 12.3. The van der Waals surface area contributed by atoms with Gasteiger partial charge in [0.2, 0.25) is 10.0 Å². The van der Waals surface area contributed by atoms with Crippen LogP contribution < -0.4 is 0 Å². The van der Waals surface area contributed by atoms with Crippen LogP contribution in [0, 0.1) is 0 Å². The molecule has 0 amide bonds. The van der Waals surface area contributed by atoms with Crippen molar-refractivity contribution in [3.8, 4) is 0 Å². The average molecular weight is 207 g/mol. The maximum atomic E-state index is 11.2. The van der Waals surface area contributed by atoms with E-state index in [2.05, 4.69) is 6.92 Å². The molecule has 80 valence electrons. The van der Waals surface area contributed by atoms with Gasteiger partial charge in [0.25, 0.3) is 0 Å². The van der Waals surface area contributed by atoms with E-state index >= 15 is 0 Å². The molecule has 0 fully saturated rings. The minimum absolute atomic E-state index is 0.588. The Balaban J connectivity index is 3.74. The Morgan fingerprint density at radius 3 is 2.08 bits per heavy atom. The first-order valence-electron chi connectivity index (χ1n) is 4.97. The van der Waals surface area contributed by atoms with Gasteiger partial charge >= 0.3 is 0 Å². The molecule has 0 aromatic carbocycles. The Hall–Kier alpha value is -0.0900. The number of hydrogen-bond acceptors (Lipinski definition) is 2. The van der Waals surface area contributed by atoms with E-state index in [1.54, 1.807) is 0 Å². The van der Waals surface area contributed by atoms with Gasteiger partial charge in [-0.1, -0.05) is 33.1 Å². The zero-order valence-electron chi connectivity index (χ0n) is 8.91. The van der Waals surface area contributed by atoms with Gasteiger partial charge in [-0.2, -0.15) is 0 Å². The summed E-state index contributed by atoms with van der Waals surface area (Å²) in [6.07, 6.45) is 5.76. The Labute approximate surface area is 82.2 Å². The highest BCUT2D eigenvalue weighted by Gasteiger charge is 2.12. The largest absolute Gasteiger partial charge is 0.213 e. The molecule has 0 aliphatic carbocycles. The van der Waals surface area contributed by atoms with Gasteiger partial charge in [-0.25, -0.2) is 12.7 Å². The molecule has 0 heterocycles. The van der Waals surface area contributed by atoms with Gasteiger partial charge in [0.05, 0.1) is 6.26 Å². The van der Waals surface area contributed by atoms with Gasteiger partial charge in [-0.3, -0.25) is 0 Å². The first-order chi connectivity index (χ1) is 6.02. The van der Waals surface area contributed by atoms with E-state index in [9.17, 15) is 8.42 Å². The smallest absolute Gasteiger partial charge is 0.211 e. The van der Waals surface area contributed by atoms with Crippen molar-refractivity contribution in [2.45, 2.75) is 39.5 Å². The highest BCUT2D eigenvalue weighted by molar-refractivity contribution is 7.88. The third-order valence-corrected chi connectivity index (χ3v) is 3.46. The third-order valence-electron chi connectivity index (χ3n) is 2.08. The van der Waals surface area contributed by atoms with Crippen molar-refractivity contribution in [1.82, 2.24) is 4.31 Å². The van der Waals surface area contributed by atoms with Gasteiger partial charge in [-0.15, -0.1) is 0 Å². The van der Waals surface area contributed by atoms with Crippen LogP contribution in [0.4, 0.5) is 0 Å². The summed E-state index contributed by atoms with van der Waals surface area (Å²) in [4.78, 5) is 0. The van der Waals surface area contributed by atoms with Crippen molar-refractivity contribution < 1.29 is 8.42 Å². The van der Waals surface area contributed by atoms with Gasteiger partial charge in [0, 0.05) is 13.1 Å². The van der Waals surface area contributed by atoms with Crippen LogP contribution in [-0.2, 0) is 10.0 Å². The van der Waals surface area contributed by atoms with E-state index in [0.29, 0.717) is 13.1 Å². The van der Waals surface area contributed by atoms with Crippen LogP contribution in [0.3, 0.4) is 0 Å². The number of nitrogens with zero attached hydrogens (tertiary/aromatic N) is 1. The van der Waals surface area contributed by atoms with Crippen molar-refractivity contribution in [3.63, 3.8) is 0 Å². The van der Waals surface area contributed by atoms with Crippen LogP contribution in [0.2, 0.25) is 0 Å². The summed E-state index contributed by atoms with van der Waals surface area (Å²) in [6.45, 7) is 5.29. The first kappa shape index (κ1) is 12.9. The summed E-state index contributed by atoms with van der Waals surface area (Å²) in [5, 5.41) is 0. The van der Waals surface area contributed by atoms with E-state index in [0.717, 1.165) is 12.8 Å². The molecule has 0 radical (unpaired) electrons. The van der Waals surface area contributed by atoms with Gasteiger partial charge in [0.1, 0.15) is 0 Å². The molecule has 0 aromatic heterocycles. The molecular formula is C9H21NO2S. The van der Waals surface area contributed by atoms with Crippen LogP contribution in [0.15, 0.2) is 0 Å².